The molecule has 1 aliphatic heterocycles. The van der Waals surface area contributed by atoms with Crippen LogP contribution < -0.4 is 10.6 Å². The molecule has 0 bridgehead atoms. The molecule has 8 nitrogen and oxygen atoms in total. The number of halogens is 1. The number of hydrogen-bond acceptors (Lipinski definition) is 6. The largest absolute Gasteiger partial charge is 0.465 e. The van der Waals surface area contributed by atoms with Crippen molar-refractivity contribution in [1.82, 2.24) is 15.5 Å². The lowest BCUT2D eigenvalue weighted by Gasteiger charge is -2.39. The minimum absolute atomic E-state index is 0. The molecule has 0 aromatic carbocycles. The van der Waals surface area contributed by atoms with Gasteiger partial charge >= 0.3 is 5.97 Å². The Hall–Kier alpha value is -1.33. The Morgan fingerprint density at radius 2 is 1.93 bits per heavy atom. The molecule has 1 aromatic rings. The Morgan fingerprint density at radius 1 is 1.27 bits per heavy atom. The van der Waals surface area contributed by atoms with E-state index in [1.165, 1.54) is 7.11 Å². The first kappa shape index (κ1) is 26.7. The quantitative estimate of drug-likeness (QED) is 0.217. The van der Waals surface area contributed by atoms with Gasteiger partial charge in [-0.05, 0) is 18.9 Å². The second-order valence-corrected chi connectivity index (χ2v) is 7.27. The van der Waals surface area contributed by atoms with Crippen LogP contribution in [0.15, 0.2) is 15.5 Å². The van der Waals surface area contributed by atoms with E-state index in [4.69, 9.17) is 13.9 Å². The second-order valence-electron chi connectivity index (χ2n) is 7.27. The molecule has 2 heterocycles. The highest BCUT2D eigenvalue weighted by atomic mass is 127. The predicted octanol–water partition coefficient (Wildman–Crippen LogP) is 2.79. The van der Waals surface area contributed by atoms with Crippen molar-refractivity contribution in [2.24, 2.45) is 10.9 Å². The third kappa shape index (κ3) is 7.42. The van der Waals surface area contributed by atoms with Crippen molar-refractivity contribution >= 4 is 35.9 Å². The van der Waals surface area contributed by atoms with E-state index in [1.807, 2.05) is 0 Å². The lowest BCUT2D eigenvalue weighted by atomic mass is 9.92. The first-order valence-electron chi connectivity index (χ1n) is 10.5. The topological polar surface area (TPSA) is 88.3 Å². The summed E-state index contributed by atoms with van der Waals surface area (Å²) in [7, 11) is 3.12. The number of aliphatic imine (C=N–C) groups is 1. The van der Waals surface area contributed by atoms with Crippen molar-refractivity contribution < 1.29 is 18.7 Å². The maximum Gasteiger partial charge on any atom is 0.341 e. The van der Waals surface area contributed by atoms with Crippen LogP contribution in [0.5, 0.6) is 0 Å². The molecule has 1 fully saturated rings. The van der Waals surface area contributed by atoms with E-state index in [9.17, 15) is 4.79 Å². The zero-order chi connectivity index (χ0) is 21.2. The van der Waals surface area contributed by atoms with Gasteiger partial charge in [-0.3, -0.25) is 9.89 Å². The lowest BCUT2D eigenvalue weighted by molar-refractivity contribution is 0.00272. The van der Waals surface area contributed by atoms with Crippen LogP contribution in [0.3, 0.4) is 0 Å². The Bertz CT molecular complexity index is 670. The monoisotopic (exact) mass is 536 g/mol. The zero-order valence-corrected chi connectivity index (χ0v) is 21.2. The van der Waals surface area contributed by atoms with Crippen LogP contribution in [0.1, 0.15) is 48.6 Å². The first-order valence-corrected chi connectivity index (χ1v) is 10.5. The maximum absolute atomic E-state index is 11.7. The fourth-order valence-electron chi connectivity index (χ4n) is 3.87. The Balaban J connectivity index is 0.00000450. The van der Waals surface area contributed by atoms with E-state index < -0.39 is 5.97 Å². The van der Waals surface area contributed by atoms with Gasteiger partial charge in [-0.15, -0.1) is 24.0 Å². The summed E-state index contributed by atoms with van der Waals surface area (Å²) in [4.78, 5) is 18.6. The summed E-state index contributed by atoms with van der Waals surface area (Å²) in [5.74, 6) is 2.16. The highest BCUT2D eigenvalue weighted by Crippen LogP contribution is 2.20. The van der Waals surface area contributed by atoms with Gasteiger partial charge in [-0.25, -0.2) is 4.79 Å². The summed E-state index contributed by atoms with van der Waals surface area (Å²) in [5.41, 5.74) is 0.452. The van der Waals surface area contributed by atoms with E-state index >= 15 is 0 Å². The van der Waals surface area contributed by atoms with Crippen molar-refractivity contribution in [1.29, 1.82) is 0 Å². The van der Waals surface area contributed by atoms with Crippen LogP contribution >= 0.6 is 24.0 Å². The molecule has 1 saturated heterocycles. The molecule has 0 saturated carbocycles. The van der Waals surface area contributed by atoms with E-state index in [1.54, 1.807) is 20.0 Å². The number of methoxy groups -OCH3 is 1. The fraction of sp³-hybridized carbons (Fsp3) is 0.714. The summed E-state index contributed by atoms with van der Waals surface area (Å²) in [6.45, 7) is 11.0. The van der Waals surface area contributed by atoms with Crippen LogP contribution in [0.4, 0.5) is 0 Å². The van der Waals surface area contributed by atoms with Gasteiger partial charge in [0.2, 0.25) is 0 Å². The number of esters is 1. The van der Waals surface area contributed by atoms with Crippen molar-refractivity contribution in [2.75, 3.05) is 47.0 Å². The molecule has 1 unspecified atom stereocenters. The maximum atomic E-state index is 11.7. The molecule has 0 aliphatic carbocycles. The highest BCUT2D eigenvalue weighted by molar-refractivity contribution is 14.0. The number of carbonyl (C=O) groups is 1. The Kier molecular flexibility index (Phi) is 12.3. The van der Waals surface area contributed by atoms with Gasteiger partial charge in [0.1, 0.15) is 17.1 Å². The Morgan fingerprint density at radius 3 is 2.50 bits per heavy atom. The molecular weight excluding hydrogens is 499 g/mol. The third-order valence-electron chi connectivity index (χ3n) is 5.61. The van der Waals surface area contributed by atoms with Crippen molar-refractivity contribution in [3.8, 4) is 0 Å². The number of morpholine rings is 1. The number of hydrogen-bond donors (Lipinski definition) is 2. The van der Waals surface area contributed by atoms with Gasteiger partial charge < -0.3 is 24.5 Å². The number of furan rings is 1. The van der Waals surface area contributed by atoms with Gasteiger partial charge in [0, 0.05) is 32.7 Å². The number of nitrogens with one attached hydrogen (secondary N) is 2. The van der Waals surface area contributed by atoms with Crippen LogP contribution in [-0.4, -0.2) is 69.9 Å². The fourth-order valence-corrected chi connectivity index (χ4v) is 3.87. The number of rotatable bonds is 9. The molecule has 172 valence electrons. The molecular formula is C21H37IN4O4. The van der Waals surface area contributed by atoms with E-state index in [0.717, 1.165) is 45.7 Å². The van der Waals surface area contributed by atoms with Crippen LogP contribution in [0.2, 0.25) is 0 Å². The first-order chi connectivity index (χ1) is 14.0. The normalized spacial score (nSPS) is 16.1. The zero-order valence-electron chi connectivity index (χ0n) is 18.8. The molecule has 2 rings (SSSR count). The summed E-state index contributed by atoms with van der Waals surface area (Å²) in [5, 5.41) is 6.73. The predicted molar refractivity (Wildman–Crippen MR) is 129 cm³/mol. The van der Waals surface area contributed by atoms with Crippen molar-refractivity contribution in [2.45, 2.75) is 46.2 Å². The smallest absolute Gasteiger partial charge is 0.341 e. The average Bonchev–Trinajstić information content (AvgIpc) is 3.13. The second kappa shape index (κ2) is 13.9. The van der Waals surface area contributed by atoms with Crippen LogP contribution in [0.25, 0.3) is 0 Å². The molecule has 0 spiro atoms. The standard InChI is InChI=1S/C21H36N4O4.HI/c1-6-16(7-2)19(25-8-10-28-11-9-25)14-24-21(22-4)23-13-17-12-18(15(3)29-17)20(26)27-5;/h12,16,19H,6-11,13-14H2,1-5H3,(H2,22,23,24);1H. The van der Waals surface area contributed by atoms with Gasteiger partial charge in [0.15, 0.2) is 5.96 Å². The Labute approximate surface area is 197 Å². The molecule has 1 aromatic heterocycles. The number of nitrogens with zero attached hydrogens (tertiary/aromatic N) is 2. The van der Waals surface area contributed by atoms with Crippen LogP contribution in [-0.2, 0) is 16.0 Å². The van der Waals surface area contributed by atoms with Gasteiger partial charge in [-0.2, -0.15) is 0 Å². The van der Waals surface area contributed by atoms with Crippen LogP contribution in [0, 0.1) is 12.8 Å². The molecule has 2 N–H and O–H groups in total. The van der Waals surface area contributed by atoms with Crippen molar-refractivity contribution in [3.05, 3.63) is 23.2 Å². The average molecular weight is 536 g/mol. The van der Waals surface area contributed by atoms with E-state index in [0.29, 0.717) is 41.5 Å². The molecule has 30 heavy (non-hydrogen) atoms. The molecule has 0 amide bonds. The number of aryl methyl sites for hydroxylation is 1. The summed E-state index contributed by atoms with van der Waals surface area (Å²) < 4.78 is 16.0. The third-order valence-corrected chi connectivity index (χ3v) is 5.61. The number of carbonyl (C=O) groups excluding carboxylic acids is 1. The minimum atomic E-state index is -0.390. The summed E-state index contributed by atoms with van der Waals surface area (Å²) in [6.07, 6.45) is 2.29. The number of guanidine groups is 1. The van der Waals surface area contributed by atoms with Crippen molar-refractivity contribution in [3.63, 3.8) is 0 Å². The lowest BCUT2D eigenvalue weighted by Crippen LogP contribution is -2.53. The van der Waals surface area contributed by atoms with Gasteiger partial charge in [0.05, 0.1) is 26.9 Å². The van der Waals surface area contributed by atoms with Gasteiger partial charge in [0.25, 0.3) is 0 Å². The van der Waals surface area contributed by atoms with E-state index in [2.05, 4.69) is 34.4 Å². The van der Waals surface area contributed by atoms with Gasteiger partial charge in [-0.1, -0.05) is 26.7 Å². The molecule has 1 aliphatic rings. The summed E-state index contributed by atoms with van der Waals surface area (Å²) >= 11 is 0. The molecule has 0 radical (unpaired) electrons. The minimum Gasteiger partial charge on any atom is -0.465 e. The molecule has 1 atom stereocenters. The summed E-state index contributed by atoms with van der Waals surface area (Å²) in [6, 6.07) is 2.14. The van der Waals surface area contributed by atoms with E-state index in [-0.39, 0.29) is 24.0 Å². The molecule has 9 heteroatoms. The highest BCUT2D eigenvalue weighted by Gasteiger charge is 2.27. The number of ether oxygens (including phenoxy) is 2. The SMILES string of the molecule is CCC(CC)C(CNC(=NC)NCc1cc(C(=O)OC)c(C)o1)N1CCOCC1.I.